The zero-order chi connectivity index (χ0) is 19.1. The van der Waals surface area contributed by atoms with Crippen LogP contribution in [0, 0.1) is 0 Å². The summed E-state index contributed by atoms with van der Waals surface area (Å²) in [5.41, 5.74) is 0.916. The highest BCUT2D eigenvalue weighted by Crippen LogP contribution is 2.30. The molecule has 1 amide bonds. The Kier molecular flexibility index (Phi) is 5.36. The maximum Gasteiger partial charge on any atom is 0.258 e. The molecule has 0 fully saturated rings. The summed E-state index contributed by atoms with van der Waals surface area (Å²) in [5, 5.41) is 3.39. The van der Waals surface area contributed by atoms with E-state index in [9.17, 15) is 13.2 Å². The standard InChI is InChI=1S/C16H13BrClN3O3S2/c1-21(2)26(23,24)10-4-6-13-14(8-10)25-16(19-13)20-15(22)11-7-9(17)3-5-12(11)18/h3-8H,1-2H3,(H,19,20,22). The third kappa shape index (κ3) is 3.77. The number of amides is 1. The van der Waals surface area contributed by atoms with Crippen molar-refractivity contribution in [2.24, 2.45) is 0 Å². The van der Waals surface area contributed by atoms with E-state index in [4.69, 9.17) is 11.6 Å². The van der Waals surface area contributed by atoms with Crippen LogP contribution in [0.4, 0.5) is 5.13 Å². The molecule has 3 aromatic rings. The molecule has 1 N–H and O–H groups in total. The number of nitrogens with one attached hydrogen (secondary N) is 1. The van der Waals surface area contributed by atoms with Crippen LogP contribution < -0.4 is 5.32 Å². The minimum atomic E-state index is -3.53. The van der Waals surface area contributed by atoms with Gasteiger partial charge in [0.1, 0.15) is 0 Å². The van der Waals surface area contributed by atoms with E-state index in [2.05, 4.69) is 26.2 Å². The van der Waals surface area contributed by atoms with Crippen molar-refractivity contribution in [2.45, 2.75) is 4.90 Å². The maximum absolute atomic E-state index is 12.4. The lowest BCUT2D eigenvalue weighted by molar-refractivity contribution is 0.102. The monoisotopic (exact) mass is 473 g/mol. The Morgan fingerprint density at radius 3 is 2.65 bits per heavy atom. The number of thiazole rings is 1. The van der Waals surface area contributed by atoms with E-state index in [-0.39, 0.29) is 4.90 Å². The first kappa shape index (κ1) is 19.2. The molecule has 0 atom stereocenters. The Morgan fingerprint density at radius 2 is 1.96 bits per heavy atom. The molecule has 6 nitrogen and oxygen atoms in total. The van der Waals surface area contributed by atoms with Gasteiger partial charge in [0.05, 0.1) is 25.7 Å². The van der Waals surface area contributed by atoms with Crippen LogP contribution in [0.15, 0.2) is 45.8 Å². The fourth-order valence-corrected chi connectivity index (χ4v) is 4.63. The predicted octanol–water partition coefficient (Wildman–Crippen LogP) is 4.21. The number of halogens is 2. The number of hydrogen-bond acceptors (Lipinski definition) is 5. The van der Waals surface area contributed by atoms with E-state index in [0.29, 0.717) is 25.9 Å². The molecule has 0 aliphatic heterocycles. The number of sulfonamides is 1. The SMILES string of the molecule is CN(C)S(=O)(=O)c1ccc2nc(NC(=O)c3cc(Br)ccc3Cl)sc2c1. The van der Waals surface area contributed by atoms with Gasteiger partial charge in [-0.1, -0.05) is 38.9 Å². The number of aromatic nitrogens is 1. The van der Waals surface area contributed by atoms with E-state index in [0.717, 1.165) is 8.78 Å². The number of nitrogens with zero attached hydrogens (tertiary/aromatic N) is 2. The first-order valence-electron chi connectivity index (χ1n) is 7.28. The van der Waals surface area contributed by atoms with Gasteiger partial charge in [-0.15, -0.1) is 0 Å². The second kappa shape index (κ2) is 7.24. The van der Waals surface area contributed by atoms with Gasteiger partial charge in [0.25, 0.3) is 5.91 Å². The van der Waals surface area contributed by atoms with Crippen LogP contribution in [0.3, 0.4) is 0 Å². The third-order valence-electron chi connectivity index (χ3n) is 3.53. The normalized spacial score (nSPS) is 11.9. The van der Waals surface area contributed by atoms with Gasteiger partial charge in [-0.25, -0.2) is 17.7 Å². The molecule has 10 heteroatoms. The quantitative estimate of drug-likeness (QED) is 0.614. The van der Waals surface area contributed by atoms with Crippen LogP contribution in [-0.2, 0) is 10.0 Å². The Labute approximate surface area is 168 Å². The summed E-state index contributed by atoms with van der Waals surface area (Å²) in [6.07, 6.45) is 0. The van der Waals surface area contributed by atoms with Crippen LogP contribution in [0.1, 0.15) is 10.4 Å². The number of hydrogen-bond donors (Lipinski definition) is 1. The van der Waals surface area contributed by atoms with Crippen molar-refractivity contribution in [2.75, 3.05) is 19.4 Å². The number of fused-ring (bicyclic) bond motifs is 1. The van der Waals surface area contributed by atoms with E-state index >= 15 is 0 Å². The summed E-state index contributed by atoms with van der Waals surface area (Å²) in [4.78, 5) is 16.9. The van der Waals surface area contributed by atoms with E-state index in [1.54, 1.807) is 30.3 Å². The van der Waals surface area contributed by atoms with Gasteiger partial charge in [-0.3, -0.25) is 10.1 Å². The van der Waals surface area contributed by atoms with Gasteiger partial charge in [0, 0.05) is 18.6 Å². The van der Waals surface area contributed by atoms with Crippen LogP contribution in [-0.4, -0.2) is 37.7 Å². The lowest BCUT2D eigenvalue weighted by atomic mass is 10.2. The van der Waals surface area contributed by atoms with Gasteiger partial charge >= 0.3 is 0 Å². The van der Waals surface area contributed by atoms with Gasteiger partial charge < -0.3 is 0 Å². The highest BCUT2D eigenvalue weighted by atomic mass is 79.9. The van der Waals surface area contributed by atoms with Crippen LogP contribution in [0.5, 0.6) is 0 Å². The molecule has 2 aromatic carbocycles. The molecular weight excluding hydrogens is 462 g/mol. The highest BCUT2D eigenvalue weighted by molar-refractivity contribution is 9.10. The number of rotatable bonds is 4. The minimum absolute atomic E-state index is 0.173. The fourth-order valence-electron chi connectivity index (χ4n) is 2.17. The summed E-state index contributed by atoms with van der Waals surface area (Å²) >= 11 is 10.6. The molecule has 1 heterocycles. The average Bonchev–Trinajstić information content (AvgIpc) is 2.97. The Balaban J connectivity index is 1.92. The number of benzene rings is 2. The van der Waals surface area contributed by atoms with Crippen molar-refractivity contribution in [1.29, 1.82) is 0 Å². The van der Waals surface area contributed by atoms with Crippen molar-refractivity contribution in [3.63, 3.8) is 0 Å². The molecule has 0 saturated heterocycles. The molecule has 26 heavy (non-hydrogen) atoms. The number of anilines is 1. The highest BCUT2D eigenvalue weighted by Gasteiger charge is 2.19. The lowest BCUT2D eigenvalue weighted by Gasteiger charge is -2.10. The molecule has 136 valence electrons. The van der Waals surface area contributed by atoms with Crippen LogP contribution >= 0.6 is 38.9 Å². The third-order valence-corrected chi connectivity index (χ3v) is 7.10. The molecule has 0 bridgehead atoms. The number of carbonyl (C=O) groups excluding carboxylic acids is 1. The Bertz CT molecular complexity index is 1110. The van der Waals surface area contributed by atoms with Gasteiger partial charge in [-0.2, -0.15) is 0 Å². The molecule has 0 aliphatic carbocycles. The molecule has 0 radical (unpaired) electrons. The van der Waals surface area contributed by atoms with Crippen molar-refractivity contribution < 1.29 is 13.2 Å². The van der Waals surface area contributed by atoms with Gasteiger partial charge in [-0.05, 0) is 36.4 Å². The van der Waals surface area contributed by atoms with E-state index in [1.165, 1.54) is 31.5 Å². The lowest BCUT2D eigenvalue weighted by Crippen LogP contribution is -2.22. The average molecular weight is 475 g/mol. The second-order valence-electron chi connectivity index (χ2n) is 5.51. The first-order valence-corrected chi connectivity index (χ1v) is 10.7. The molecular formula is C16H13BrClN3O3S2. The fraction of sp³-hybridized carbons (Fsp3) is 0.125. The maximum atomic E-state index is 12.4. The molecule has 1 aromatic heterocycles. The van der Waals surface area contributed by atoms with Gasteiger partial charge in [0.2, 0.25) is 10.0 Å². The number of carbonyl (C=O) groups is 1. The summed E-state index contributed by atoms with van der Waals surface area (Å²) in [6.45, 7) is 0. The molecule has 0 unspecified atom stereocenters. The second-order valence-corrected chi connectivity index (χ2v) is 10.0. The van der Waals surface area contributed by atoms with Crippen molar-refractivity contribution in [3.8, 4) is 0 Å². The van der Waals surface area contributed by atoms with Gasteiger partial charge in [0.15, 0.2) is 5.13 Å². The van der Waals surface area contributed by atoms with Crippen molar-refractivity contribution in [1.82, 2.24) is 9.29 Å². The zero-order valence-corrected chi connectivity index (χ0v) is 17.6. The summed E-state index contributed by atoms with van der Waals surface area (Å²) < 4.78 is 27.0. The first-order chi connectivity index (χ1) is 12.2. The Morgan fingerprint density at radius 1 is 1.23 bits per heavy atom. The van der Waals surface area contributed by atoms with Crippen LogP contribution in [0.25, 0.3) is 10.2 Å². The minimum Gasteiger partial charge on any atom is -0.298 e. The summed E-state index contributed by atoms with van der Waals surface area (Å²) in [7, 11) is -0.590. The molecule has 0 saturated carbocycles. The zero-order valence-electron chi connectivity index (χ0n) is 13.7. The largest absolute Gasteiger partial charge is 0.298 e. The van der Waals surface area contributed by atoms with Crippen LogP contribution in [0.2, 0.25) is 5.02 Å². The summed E-state index contributed by atoms with van der Waals surface area (Å²) in [6, 6.07) is 9.63. The van der Waals surface area contributed by atoms with E-state index < -0.39 is 15.9 Å². The molecule has 0 aliphatic rings. The van der Waals surface area contributed by atoms with Crippen molar-refractivity contribution in [3.05, 3.63) is 51.5 Å². The van der Waals surface area contributed by atoms with Crippen molar-refractivity contribution >= 4 is 70.1 Å². The summed E-state index contributed by atoms with van der Waals surface area (Å²) in [5.74, 6) is -0.392. The molecule has 3 rings (SSSR count). The van der Waals surface area contributed by atoms with E-state index in [1.807, 2.05) is 0 Å². The topological polar surface area (TPSA) is 79.4 Å². The predicted molar refractivity (Wildman–Crippen MR) is 108 cm³/mol. The Hall–Kier alpha value is -1.52. The smallest absolute Gasteiger partial charge is 0.258 e. The molecule has 0 spiro atoms.